The molecule has 3 aromatic rings. The van der Waals surface area contributed by atoms with Gasteiger partial charge in [0.2, 0.25) is 0 Å². The van der Waals surface area contributed by atoms with E-state index in [1.54, 1.807) is 0 Å². The number of amides is 1. The van der Waals surface area contributed by atoms with Gasteiger partial charge in [0.25, 0.3) is 5.91 Å². The first-order valence-corrected chi connectivity index (χ1v) is 12.5. The molecule has 0 aliphatic carbocycles. The molecule has 8 nitrogen and oxygen atoms in total. The Morgan fingerprint density at radius 1 is 1.11 bits per heavy atom. The summed E-state index contributed by atoms with van der Waals surface area (Å²) in [6, 6.07) is 12.9. The largest absolute Gasteiger partial charge is 0.481 e. The predicted octanol–water partition coefficient (Wildman–Crippen LogP) is 4.30. The van der Waals surface area contributed by atoms with Crippen molar-refractivity contribution in [2.24, 2.45) is 0 Å². The number of carboxylic acids is 1. The van der Waals surface area contributed by atoms with Gasteiger partial charge in [0.1, 0.15) is 17.2 Å². The molecular formula is C24H22BrFN4O4S. The summed E-state index contributed by atoms with van der Waals surface area (Å²) in [5.74, 6) is -1.76. The normalized spacial score (nSPS) is 15.0. The van der Waals surface area contributed by atoms with Crippen LogP contribution >= 0.6 is 27.7 Å². The molecule has 0 bridgehead atoms. The molecule has 0 saturated carbocycles. The fourth-order valence-corrected chi connectivity index (χ4v) is 4.62. The second-order valence-corrected chi connectivity index (χ2v) is 9.92. The maximum atomic E-state index is 13.2. The number of nitrogens with zero attached hydrogens (tertiary/aromatic N) is 3. The molecule has 0 radical (unpaired) electrons. The number of piperidine rings is 1. The number of hydrogen-bond acceptors (Lipinski definition) is 7. The quantitative estimate of drug-likeness (QED) is 0.289. The Labute approximate surface area is 213 Å². The minimum atomic E-state index is -1.01. The molecule has 2 aromatic carbocycles. The van der Waals surface area contributed by atoms with E-state index in [2.05, 4.69) is 31.2 Å². The highest BCUT2D eigenvalue weighted by atomic mass is 79.9. The third-order valence-electron chi connectivity index (χ3n) is 5.69. The molecule has 2 heterocycles. The standard InChI is InChI=1S/C24H22BrFN4O4S/c25-16-3-1-15(2-4-16)24(34)9-11-30(12-10-24)21-19(13-27-23(29-21)35-14-20(31)32)22(33)28-18-7-5-17(26)6-8-18/h1-8,13,34H,9-12,14H2,(H,28,33)(H,31,32). The highest BCUT2D eigenvalue weighted by Crippen LogP contribution is 2.36. The van der Waals surface area contributed by atoms with Crippen molar-refractivity contribution in [3.8, 4) is 0 Å². The first kappa shape index (κ1) is 25.1. The van der Waals surface area contributed by atoms with Crippen LogP contribution in [0, 0.1) is 5.82 Å². The highest BCUT2D eigenvalue weighted by Gasteiger charge is 2.35. The van der Waals surface area contributed by atoms with E-state index in [0.717, 1.165) is 21.8 Å². The lowest BCUT2D eigenvalue weighted by atomic mass is 9.84. The Hall–Kier alpha value is -3.02. The molecule has 1 saturated heterocycles. The number of hydrogen-bond donors (Lipinski definition) is 3. The zero-order valence-corrected chi connectivity index (χ0v) is 20.9. The van der Waals surface area contributed by atoms with Gasteiger partial charge in [-0.15, -0.1) is 0 Å². The van der Waals surface area contributed by atoms with Crippen LogP contribution in [0.15, 0.2) is 64.4 Å². The molecule has 1 aromatic heterocycles. The maximum absolute atomic E-state index is 13.2. The van der Waals surface area contributed by atoms with Gasteiger partial charge in [0.15, 0.2) is 5.16 Å². The lowest BCUT2D eigenvalue weighted by Gasteiger charge is -2.39. The first-order valence-electron chi connectivity index (χ1n) is 10.8. The summed E-state index contributed by atoms with van der Waals surface area (Å²) in [7, 11) is 0. The van der Waals surface area contributed by atoms with Crippen molar-refractivity contribution in [3.05, 3.63) is 76.1 Å². The molecule has 1 aliphatic heterocycles. The van der Waals surface area contributed by atoms with Gasteiger partial charge in [0, 0.05) is 29.4 Å². The topological polar surface area (TPSA) is 116 Å². The Morgan fingerprint density at radius 3 is 2.40 bits per heavy atom. The Bertz CT molecular complexity index is 1220. The number of nitrogens with one attached hydrogen (secondary N) is 1. The Balaban J connectivity index is 1.58. The zero-order valence-electron chi connectivity index (χ0n) is 18.4. The minimum Gasteiger partial charge on any atom is -0.481 e. The number of benzene rings is 2. The number of carbonyl (C=O) groups is 2. The summed E-state index contributed by atoms with van der Waals surface area (Å²) >= 11 is 4.36. The summed E-state index contributed by atoms with van der Waals surface area (Å²) in [6.45, 7) is 0.840. The molecule has 1 amide bonds. The number of anilines is 2. The molecule has 0 atom stereocenters. The van der Waals surface area contributed by atoms with Gasteiger partial charge in [-0.1, -0.05) is 39.8 Å². The average Bonchev–Trinajstić information content (AvgIpc) is 2.85. The van der Waals surface area contributed by atoms with E-state index in [-0.39, 0.29) is 16.5 Å². The zero-order chi connectivity index (χ0) is 25.0. The fourth-order valence-electron chi connectivity index (χ4n) is 3.82. The lowest BCUT2D eigenvalue weighted by Crippen LogP contribution is -2.43. The van der Waals surface area contributed by atoms with Gasteiger partial charge < -0.3 is 20.4 Å². The summed E-state index contributed by atoms with van der Waals surface area (Å²) in [6.07, 6.45) is 2.19. The Kier molecular flexibility index (Phi) is 7.68. The van der Waals surface area contributed by atoms with Gasteiger partial charge in [-0.25, -0.2) is 14.4 Å². The van der Waals surface area contributed by atoms with Crippen LogP contribution in [0.25, 0.3) is 0 Å². The monoisotopic (exact) mass is 560 g/mol. The Morgan fingerprint density at radius 2 is 1.77 bits per heavy atom. The van der Waals surface area contributed by atoms with E-state index in [1.807, 2.05) is 29.2 Å². The van der Waals surface area contributed by atoms with E-state index in [9.17, 15) is 19.1 Å². The van der Waals surface area contributed by atoms with Crippen molar-refractivity contribution in [2.75, 3.05) is 29.1 Å². The van der Waals surface area contributed by atoms with Gasteiger partial charge in [-0.3, -0.25) is 9.59 Å². The maximum Gasteiger partial charge on any atom is 0.313 e. The van der Waals surface area contributed by atoms with Crippen molar-refractivity contribution < 1.29 is 24.2 Å². The smallest absolute Gasteiger partial charge is 0.313 e. The van der Waals surface area contributed by atoms with Crippen LogP contribution in [0.1, 0.15) is 28.8 Å². The summed E-state index contributed by atoms with van der Waals surface area (Å²) in [5, 5.41) is 23.2. The van der Waals surface area contributed by atoms with Crippen LogP contribution in [0.4, 0.5) is 15.9 Å². The fraction of sp³-hybridized carbons (Fsp3) is 0.250. The van der Waals surface area contributed by atoms with Crippen LogP contribution in [0.5, 0.6) is 0 Å². The number of halogens is 2. The van der Waals surface area contributed by atoms with E-state index in [1.165, 1.54) is 30.5 Å². The van der Waals surface area contributed by atoms with Crippen molar-refractivity contribution >= 4 is 51.1 Å². The van der Waals surface area contributed by atoms with Gasteiger partial charge >= 0.3 is 5.97 Å². The molecule has 182 valence electrons. The first-order chi connectivity index (χ1) is 16.7. The minimum absolute atomic E-state index is 0.197. The molecule has 0 spiro atoms. The van der Waals surface area contributed by atoms with Gasteiger partial charge in [0.05, 0.1) is 11.4 Å². The third kappa shape index (κ3) is 6.16. The molecule has 3 N–H and O–H groups in total. The number of carboxylic acid groups (broad SMARTS) is 1. The van der Waals surface area contributed by atoms with E-state index >= 15 is 0 Å². The number of carbonyl (C=O) groups excluding carboxylic acids is 1. The van der Waals surface area contributed by atoms with E-state index in [4.69, 9.17) is 5.11 Å². The van der Waals surface area contributed by atoms with E-state index in [0.29, 0.717) is 37.4 Å². The second kappa shape index (κ2) is 10.7. The number of aliphatic carboxylic acids is 1. The van der Waals surface area contributed by atoms with Crippen molar-refractivity contribution in [1.82, 2.24) is 9.97 Å². The van der Waals surface area contributed by atoms with Crippen molar-refractivity contribution in [2.45, 2.75) is 23.6 Å². The van der Waals surface area contributed by atoms with Crippen LogP contribution in [-0.4, -0.2) is 50.9 Å². The number of thioether (sulfide) groups is 1. The second-order valence-electron chi connectivity index (χ2n) is 8.06. The summed E-state index contributed by atoms with van der Waals surface area (Å²) < 4.78 is 14.1. The molecule has 35 heavy (non-hydrogen) atoms. The number of aliphatic hydroxyl groups is 1. The van der Waals surface area contributed by atoms with Crippen LogP contribution in [0.3, 0.4) is 0 Å². The average molecular weight is 561 g/mol. The van der Waals surface area contributed by atoms with E-state index < -0.39 is 23.3 Å². The molecule has 4 rings (SSSR count). The number of aromatic nitrogens is 2. The van der Waals surface area contributed by atoms with Crippen LogP contribution < -0.4 is 10.2 Å². The summed E-state index contributed by atoms with van der Waals surface area (Å²) in [5.41, 5.74) is 0.412. The SMILES string of the molecule is O=C(O)CSc1ncc(C(=O)Nc2ccc(F)cc2)c(N2CCC(O)(c3ccc(Br)cc3)CC2)n1. The lowest BCUT2D eigenvalue weighted by molar-refractivity contribution is -0.133. The molecule has 1 fully saturated rings. The van der Waals surface area contributed by atoms with Crippen LogP contribution in [0.2, 0.25) is 0 Å². The molecule has 0 unspecified atom stereocenters. The molecule has 1 aliphatic rings. The number of rotatable bonds is 7. The van der Waals surface area contributed by atoms with Crippen molar-refractivity contribution in [1.29, 1.82) is 0 Å². The summed E-state index contributed by atoms with van der Waals surface area (Å²) in [4.78, 5) is 34.6. The molecule has 11 heteroatoms. The van der Waals surface area contributed by atoms with Gasteiger partial charge in [-0.2, -0.15) is 0 Å². The molecular weight excluding hydrogens is 539 g/mol. The van der Waals surface area contributed by atoms with Crippen molar-refractivity contribution in [3.63, 3.8) is 0 Å². The van der Waals surface area contributed by atoms with Gasteiger partial charge in [-0.05, 0) is 54.8 Å². The highest BCUT2D eigenvalue weighted by molar-refractivity contribution is 9.10. The predicted molar refractivity (Wildman–Crippen MR) is 134 cm³/mol. The van der Waals surface area contributed by atoms with Crippen LogP contribution in [-0.2, 0) is 10.4 Å². The third-order valence-corrected chi connectivity index (χ3v) is 7.06.